The normalized spacial score (nSPS) is 10.4. The molecule has 0 fully saturated rings. The predicted molar refractivity (Wildman–Crippen MR) is 48.9 cm³/mol. The van der Waals surface area contributed by atoms with Crippen molar-refractivity contribution in [1.82, 2.24) is 10.2 Å². The molecule has 0 atom stereocenters. The van der Waals surface area contributed by atoms with Crippen molar-refractivity contribution < 1.29 is 0 Å². The number of nitrogens with one attached hydrogen (secondary N) is 1. The number of rotatable bonds is 2. The van der Waals surface area contributed by atoms with E-state index in [0.717, 1.165) is 5.56 Å². The van der Waals surface area contributed by atoms with Crippen LogP contribution >= 0.6 is 11.6 Å². The topological polar surface area (TPSA) is 63.8 Å². The van der Waals surface area contributed by atoms with Crippen molar-refractivity contribution in [2.75, 3.05) is 5.43 Å². The first-order valence-electron chi connectivity index (χ1n) is 3.65. The van der Waals surface area contributed by atoms with Crippen molar-refractivity contribution in [2.45, 2.75) is 19.8 Å². The van der Waals surface area contributed by atoms with Crippen molar-refractivity contribution in [1.29, 1.82) is 0 Å². The second-order valence-corrected chi connectivity index (χ2v) is 3.16. The van der Waals surface area contributed by atoms with E-state index in [2.05, 4.69) is 15.6 Å². The van der Waals surface area contributed by atoms with E-state index in [-0.39, 0.29) is 0 Å². The van der Waals surface area contributed by atoms with Crippen LogP contribution in [0, 0.1) is 0 Å². The molecule has 0 aliphatic rings. The molecule has 66 valence electrons. The van der Waals surface area contributed by atoms with Crippen molar-refractivity contribution in [3.8, 4) is 0 Å². The van der Waals surface area contributed by atoms with E-state index in [4.69, 9.17) is 17.4 Å². The molecule has 1 heterocycles. The minimum Gasteiger partial charge on any atom is -0.307 e. The molecule has 0 aromatic carbocycles. The summed E-state index contributed by atoms with van der Waals surface area (Å²) in [5, 5.41) is 7.85. The first kappa shape index (κ1) is 9.22. The zero-order valence-electron chi connectivity index (χ0n) is 7.00. The van der Waals surface area contributed by atoms with Crippen LogP contribution in [0.2, 0.25) is 5.15 Å². The van der Waals surface area contributed by atoms with E-state index in [1.165, 1.54) is 0 Å². The molecule has 3 N–H and O–H groups in total. The molecule has 0 aliphatic heterocycles. The Kier molecular flexibility index (Phi) is 2.83. The van der Waals surface area contributed by atoms with Gasteiger partial charge < -0.3 is 5.43 Å². The second kappa shape index (κ2) is 3.69. The van der Waals surface area contributed by atoms with Gasteiger partial charge in [0.15, 0.2) is 11.0 Å². The molecule has 0 bridgehead atoms. The van der Waals surface area contributed by atoms with Gasteiger partial charge in [0.2, 0.25) is 0 Å². The number of nitrogens with zero attached hydrogens (tertiary/aromatic N) is 2. The Morgan fingerprint density at radius 3 is 2.67 bits per heavy atom. The van der Waals surface area contributed by atoms with Gasteiger partial charge >= 0.3 is 0 Å². The minimum atomic E-state index is 0.323. The van der Waals surface area contributed by atoms with Crippen LogP contribution < -0.4 is 11.3 Å². The summed E-state index contributed by atoms with van der Waals surface area (Å²) in [5.41, 5.74) is 3.44. The number of halogens is 1. The summed E-state index contributed by atoms with van der Waals surface area (Å²) >= 11 is 5.68. The van der Waals surface area contributed by atoms with Gasteiger partial charge in [-0.1, -0.05) is 25.4 Å². The van der Waals surface area contributed by atoms with Gasteiger partial charge in [-0.2, -0.15) is 0 Å². The van der Waals surface area contributed by atoms with Crippen LogP contribution in [0.1, 0.15) is 25.3 Å². The zero-order valence-corrected chi connectivity index (χ0v) is 7.76. The number of hydrazine groups is 1. The van der Waals surface area contributed by atoms with Crippen molar-refractivity contribution in [3.63, 3.8) is 0 Å². The Bertz CT molecular complexity index is 274. The molecule has 1 rings (SSSR count). The summed E-state index contributed by atoms with van der Waals surface area (Å²) < 4.78 is 0. The van der Waals surface area contributed by atoms with E-state index in [1.54, 1.807) is 6.07 Å². The van der Waals surface area contributed by atoms with Crippen LogP contribution in [0.4, 0.5) is 5.82 Å². The smallest absolute Gasteiger partial charge is 0.166 e. The SMILES string of the molecule is CC(C)c1cc(Cl)nnc1NN. The highest BCUT2D eigenvalue weighted by molar-refractivity contribution is 6.29. The second-order valence-electron chi connectivity index (χ2n) is 2.77. The van der Waals surface area contributed by atoms with E-state index in [0.29, 0.717) is 16.9 Å². The lowest BCUT2D eigenvalue weighted by atomic mass is 10.1. The molecule has 5 heteroatoms. The number of hydrogen-bond acceptors (Lipinski definition) is 4. The van der Waals surface area contributed by atoms with Gasteiger partial charge in [0.25, 0.3) is 0 Å². The number of hydrogen-bond donors (Lipinski definition) is 2. The standard InChI is InChI=1S/C7H11ClN4/c1-4(2)5-3-6(8)11-12-7(5)10-9/h3-4H,9H2,1-2H3,(H,10,12). The summed E-state index contributed by atoms with van der Waals surface area (Å²) in [5.74, 6) is 6.14. The summed E-state index contributed by atoms with van der Waals surface area (Å²) in [4.78, 5) is 0. The third-order valence-corrected chi connectivity index (χ3v) is 1.74. The van der Waals surface area contributed by atoms with E-state index in [1.807, 2.05) is 13.8 Å². The molecule has 0 radical (unpaired) electrons. The molecule has 0 saturated heterocycles. The number of anilines is 1. The molecule has 1 aromatic rings. The Balaban J connectivity index is 3.12. The molecule has 1 aromatic heterocycles. The average Bonchev–Trinajstić information content (AvgIpc) is 2.04. The quantitative estimate of drug-likeness (QED) is 0.543. The molecule has 0 amide bonds. The summed E-state index contributed by atoms with van der Waals surface area (Å²) in [6.07, 6.45) is 0. The Labute approximate surface area is 76.1 Å². The Morgan fingerprint density at radius 1 is 1.50 bits per heavy atom. The molecule has 12 heavy (non-hydrogen) atoms. The number of nitrogens with two attached hydrogens (primary N) is 1. The third kappa shape index (κ3) is 1.84. The van der Waals surface area contributed by atoms with Crippen LogP contribution in [-0.4, -0.2) is 10.2 Å². The Hall–Kier alpha value is -0.870. The van der Waals surface area contributed by atoms with Gasteiger partial charge in [0, 0.05) is 5.56 Å². The van der Waals surface area contributed by atoms with E-state index < -0.39 is 0 Å². The first-order valence-corrected chi connectivity index (χ1v) is 4.02. The van der Waals surface area contributed by atoms with E-state index in [9.17, 15) is 0 Å². The highest BCUT2D eigenvalue weighted by Gasteiger charge is 2.08. The average molecular weight is 187 g/mol. The summed E-state index contributed by atoms with van der Waals surface area (Å²) in [7, 11) is 0. The van der Waals surface area contributed by atoms with Gasteiger partial charge in [0.05, 0.1) is 0 Å². The molecule has 0 spiro atoms. The fourth-order valence-electron chi connectivity index (χ4n) is 0.933. The molecular weight excluding hydrogens is 176 g/mol. The predicted octanol–water partition coefficient (Wildman–Crippen LogP) is 1.54. The lowest BCUT2D eigenvalue weighted by Crippen LogP contribution is -2.12. The van der Waals surface area contributed by atoms with Crippen LogP contribution in [0.25, 0.3) is 0 Å². The molecule has 4 nitrogen and oxygen atoms in total. The highest BCUT2D eigenvalue weighted by Crippen LogP contribution is 2.22. The summed E-state index contributed by atoms with van der Waals surface area (Å²) in [6.45, 7) is 4.07. The fourth-order valence-corrected chi connectivity index (χ4v) is 1.09. The van der Waals surface area contributed by atoms with Gasteiger partial charge in [-0.05, 0) is 12.0 Å². The van der Waals surface area contributed by atoms with Crippen molar-refractivity contribution in [3.05, 3.63) is 16.8 Å². The minimum absolute atomic E-state index is 0.323. The van der Waals surface area contributed by atoms with Crippen LogP contribution in [0.5, 0.6) is 0 Å². The lowest BCUT2D eigenvalue weighted by Gasteiger charge is -2.09. The zero-order chi connectivity index (χ0) is 9.14. The Morgan fingerprint density at radius 2 is 2.17 bits per heavy atom. The maximum atomic E-state index is 5.68. The van der Waals surface area contributed by atoms with Gasteiger partial charge in [0.1, 0.15) is 0 Å². The number of aromatic nitrogens is 2. The maximum absolute atomic E-state index is 5.68. The lowest BCUT2D eigenvalue weighted by molar-refractivity contribution is 0.842. The van der Waals surface area contributed by atoms with Crippen molar-refractivity contribution >= 4 is 17.4 Å². The van der Waals surface area contributed by atoms with Gasteiger partial charge in [-0.25, -0.2) is 5.84 Å². The molecular formula is C7H11ClN4. The molecule has 0 saturated carbocycles. The maximum Gasteiger partial charge on any atom is 0.166 e. The monoisotopic (exact) mass is 186 g/mol. The van der Waals surface area contributed by atoms with Crippen LogP contribution in [-0.2, 0) is 0 Å². The van der Waals surface area contributed by atoms with Gasteiger partial charge in [-0.3, -0.25) is 0 Å². The van der Waals surface area contributed by atoms with E-state index >= 15 is 0 Å². The summed E-state index contributed by atoms with van der Waals surface area (Å²) in [6, 6.07) is 1.76. The first-order chi connectivity index (χ1) is 5.65. The van der Waals surface area contributed by atoms with Crippen LogP contribution in [0.15, 0.2) is 6.07 Å². The van der Waals surface area contributed by atoms with Crippen molar-refractivity contribution in [2.24, 2.45) is 5.84 Å². The largest absolute Gasteiger partial charge is 0.307 e. The highest BCUT2D eigenvalue weighted by atomic mass is 35.5. The third-order valence-electron chi connectivity index (χ3n) is 1.55. The molecule has 0 unspecified atom stereocenters. The fraction of sp³-hybridized carbons (Fsp3) is 0.429. The van der Waals surface area contributed by atoms with Crippen LogP contribution in [0.3, 0.4) is 0 Å². The van der Waals surface area contributed by atoms with Gasteiger partial charge in [-0.15, -0.1) is 10.2 Å². The number of nitrogen functional groups attached to an aromatic ring is 1. The molecule has 0 aliphatic carbocycles.